The van der Waals surface area contributed by atoms with Crippen molar-refractivity contribution in [2.24, 2.45) is 5.92 Å². The Hall–Kier alpha value is -1.88. The first-order valence-corrected chi connectivity index (χ1v) is 7.33. The van der Waals surface area contributed by atoms with Crippen molar-refractivity contribution in [1.82, 2.24) is 0 Å². The number of hydrogen-bond acceptors (Lipinski definition) is 5. The SMILES string of the molecule is O=C(OCCOOC(=O)C1CCCCC1)c1ccccc1. The zero-order valence-corrected chi connectivity index (χ0v) is 12.0. The van der Waals surface area contributed by atoms with Gasteiger partial charge in [-0.15, -0.1) is 0 Å². The average Bonchev–Trinajstić information content (AvgIpc) is 2.55. The highest BCUT2D eigenvalue weighted by molar-refractivity contribution is 5.89. The van der Waals surface area contributed by atoms with Crippen LogP contribution in [0, 0.1) is 5.92 Å². The minimum absolute atomic E-state index is 0.0387. The summed E-state index contributed by atoms with van der Waals surface area (Å²) in [6.07, 6.45) is 5.04. The molecular weight excluding hydrogens is 272 g/mol. The first kappa shape index (κ1) is 15.5. The highest BCUT2D eigenvalue weighted by Gasteiger charge is 2.23. The van der Waals surface area contributed by atoms with Crippen LogP contribution in [0.4, 0.5) is 0 Å². The topological polar surface area (TPSA) is 61.8 Å². The van der Waals surface area contributed by atoms with E-state index in [9.17, 15) is 9.59 Å². The van der Waals surface area contributed by atoms with Crippen LogP contribution in [0.25, 0.3) is 0 Å². The van der Waals surface area contributed by atoms with Crippen molar-refractivity contribution >= 4 is 11.9 Å². The lowest BCUT2D eigenvalue weighted by Crippen LogP contribution is -2.21. The lowest BCUT2D eigenvalue weighted by atomic mass is 9.89. The molecule has 0 atom stereocenters. The van der Waals surface area contributed by atoms with E-state index in [4.69, 9.17) is 14.5 Å². The lowest BCUT2D eigenvalue weighted by Gasteiger charge is -2.18. The maximum atomic E-state index is 11.7. The molecule has 1 saturated carbocycles. The molecule has 0 heterocycles. The molecule has 1 fully saturated rings. The van der Waals surface area contributed by atoms with Gasteiger partial charge in [-0.25, -0.2) is 9.59 Å². The third-order valence-electron chi connectivity index (χ3n) is 3.49. The van der Waals surface area contributed by atoms with Crippen LogP contribution in [-0.2, 0) is 19.3 Å². The second-order valence-corrected chi connectivity index (χ2v) is 5.06. The lowest BCUT2D eigenvalue weighted by molar-refractivity contribution is -0.279. The highest BCUT2D eigenvalue weighted by atomic mass is 17.2. The summed E-state index contributed by atoms with van der Waals surface area (Å²) in [5.41, 5.74) is 0.483. The standard InChI is InChI=1S/C16H20O5/c17-15(13-7-3-1-4-8-13)19-11-12-20-21-16(18)14-9-5-2-6-10-14/h1,3-4,7-8,14H,2,5-6,9-12H2. The van der Waals surface area contributed by atoms with E-state index in [0.29, 0.717) is 5.56 Å². The van der Waals surface area contributed by atoms with Gasteiger partial charge in [0.15, 0.2) is 0 Å². The molecule has 21 heavy (non-hydrogen) atoms. The molecule has 0 amide bonds. The second-order valence-electron chi connectivity index (χ2n) is 5.06. The van der Waals surface area contributed by atoms with E-state index in [-0.39, 0.29) is 25.1 Å². The van der Waals surface area contributed by atoms with Crippen LogP contribution in [-0.4, -0.2) is 25.2 Å². The van der Waals surface area contributed by atoms with Gasteiger partial charge in [0.25, 0.3) is 0 Å². The van der Waals surface area contributed by atoms with Crippen LogP contribution in [0.3, 0.4) is 0 Å². The molecule has 5 heteroatoms. The maximum absolute atomic E-state index is 11.7. The Bertz CT molecular complexity index is 451. The molecule has 0 aliphatic heterocycles. The number of ether oxygens (including phenoxy) is 1. The maximum Gasteiger partial charge on any atom is 0.345 e. The second kappa shape index (κ2) is 8.42. The van der Waals surface area contributed by atoms with Gasteiger partial charge in [0.1, 0.15) is 13.2 Å². The van der Waals surface area contributed by atoms with Gasteiger partial charge in [-0.2, -0.15) is 4.89 Å². The van der Waals surface area contributed by atoms with Gasteiger partial charge in [-0.1, -0.05) is 37.5 Å². The van der Waals surface area contributed by atoms with Crippen LogP contribution in [0.15, 0.2) is 30.3 Å². The zero-order chi connectivity index (χ0) is 14.9. The fourth-order valence-electron chi connectivity index (χ4n) is 2.33. The molecule has 0 N–H and O–H groups in total. The molecule has 0 bridgehead atoms. The Kier molecular flexibility index (Phi) is 6.22. The summed E-state index contributed by atoms with van der Waals surface area (Å²) < 4.78 is 5.00. The summed E-state index contributed by atoms with van der Waals surface area (Å²) in [4.78, 5) is 32.8. The minimum Gasteiger partial charge on any atom is -0.459 e. The van der Waals surface area contributed by atoms with Crippen LogP contribution >= 0.6 is 0 Å². The van der Waals surface area contributed by atoms with E-state index < -0.39 is 5.97 Å². The monoisotopic (exact) mass is 292 g/mol. The Morgan fingerprint density at radius 2 is 1.71 bits per heavy atom. The molecule has 5 nitrogen and oxygen atoms in total. The fourth-order valence-corrected chi connectivity index (χ4v) is 2.33. The van der Waals surface area contributed by atoms with E-state index in [2.05, 4.69) is 0 Å². The number of carbonyl (C=O) groups is 2. The minimum atomic E-state index is -0.419. The van der Waals surface area contributed by atoms with E-state index in [1.165, 1.54) is 6.42 Å². The van der Waals surface area contributed by atoms with Crippen LogP contribution < -0.4 is 0 Å². The van der Waals surface area contributed by atoms with Gasteiger partial charge in [0, 0.05) is 0 Å². The zero-order valence-electron chi connectivity index (χ0n) is 12.0. The molecule has 2 rings (SSSR count). The molecule has 1 aliphatic rings. The van der Waals surface area contributed by atoms with Crippen LogP contribution in [0.5, 0.6) is 0 Å². The predicted molar refractivity (Wildman–Crippen MR) is 75.3 cm³/mol. The smallest absolute Gasteiger partial charge is 0.345 e. The third kappa shape index (κ3) is 5.19. The van der Waals surface area contributed by atoms with Crippen molar-refractivity contribution in [1.29, 1.82) is 0 Å². The van der Waals surface area contributed by atoms with Crippen LogP contribution in [0.2, 0.25) is 0 Å². The van der Waals surface area contributed by atoms with E-state index in [1.807, 2.05) is 6.07 Å². The van der Waals surface area contributed by atoms with Crippen molar-refractivity contribution in [3.63, 3.8) is 0 Å². The number of carbonyl (C=O) groups excluding carboxylic acids is 2. The van der Waals surface area contributed by atoms with Crippen molar-refractivity contribution in [3.8, 4) is 0 Å². The van der Waals surface area contributed by atoms with Gasteiger partial charge in [0.05, 0.1) is 11.5 Å². The molecule has 114 valence electrons. The van der Waals surface area contributed by atoms with Gasteiger partial charge < -0.3 is 4.74 Å². The fraction of sp³-hybridized carbons (Fsp3) is 0.500. The number of esters is 1. The molecule has 1 aromatic rings. The Morgan fingerprint density at radius 3 is 2.43 bits per heavy atom. The molecule has 0 unspecified atom stereocenters. The Morgan fingerprint density at radius 1 is 1.00 bits per heavy atom. The summed E-state index contributed by atoms with van der Waals surface area (Å²) in [6.45, 7) is 0.0860. The van der Waals surface area contributed by atoms with Gasteiger partial charge >= 0.3 is 11.9 Å². The van der Waals surface area contributed by atoms with Crippen molar-refractivity contribution in [3.05, 3.63) is 35.9 Å². The first-order valence-electron chi connectivity index (χ1n) is 7.33. The third-order valence-corrected chi connectivity index (χ3v) is 3.49. The molecule has 0 radical (unpaired) electrons. The van der Waals surface area contributed by atoms with Crippen LogP contribution in [0.1, 0.15) is 42.5 Å². The van der Waals surface area contributed by atoms with Crippen molar-refractivity contribution in [2.45, 2.75) is 32.1 Å². The Labute approximate surface area is 124 Å². The van der Waals surface area contributed by atoms with Crippen molar-refractivity contribution < 1.29 is 24.1 Å². The summed E-state index contributed by atoms with van der Waals surface area (Å²) in [5.74, 6) is -0.785. The number of hydrogen-bond donors (Lipinski definition) is 0. The summed E-state index contributed by atoms with van der Waals surface area (Å²) >= 11 is 0. The molecule has 0 saturated heterocycles. The summed E-state index contributed by atoms with van der Waals surface area (Å²) in [6, 6.07) is 8.70. The van der Waals surface area contributed by atoms with E-state index in [1.54, 1.807) is 24.3 Å². The van der Waals surface area contributed by atoms with Gasteiger partial charge in [0.2, 0.25) is 0 Å². The highest BCUT2D eigenvalue weighted by Crippen LogP contribution is 2.24. The summed E-state index contributed by atoms with van der Waals surface area (Å²) in [7, 11) is 0. The van der Waals surface area contributed by atoms with E-state index in [0.717, 1.165) is 25.7 Å². The molecule has 1 aliphatic carbocycles. The molecule has 1 aromatic carbocycles. The van der Waals surface area contributed by atoms with Gasteiger partial charge in [-0.05, 0) is 25.0 Å². The van der Waals surface area contributed by atoms with E-state index >= 15 is 0 Å². The predicted octanol–water partition coefficient (Wildman–Crippen LogP) is 2.90. The van der Waals surface area contributed by atoms with Crippen molar-refractivity contribution in [2.75, 3.05) is 13.2 Å². The Balaban J connectivity index is 1.57. The molecular formula is C16H20O5. The number of benzene rings is 1. The number of rotatable bonds is 6. The molecule has 0 aromatic heterocycles. The molecule has 0 spiro atoms. The van der Waals surface area contributed by atoms with Gasteiger partial charge in [-0.3, -0.25) is 4.89 Å². The average molecular weight is 292 g/mol. The first-order chi connectivity index (χ1) is 10.3. The quantitative estimate of drug-likeness (QED) is 0.349. The summed E-state index contributed by atoms with van der Waals surface area (Å²) in [5, 5.41) is 0. The largest absolute Gasteiger partial charge is 0.459 e. The normalized spacial score (nSPS) is 15.4.